The van der Waals surface area contributed by atoms with Gasteiger partial charge in [0.2, 0.25) is 0 Å². The van der Waals surface area contributed by atoms with Crippen molar-refractivity contribution in [2.75, 3.05) is 33.4 Å². The number of rotatable bonds is 4. The van der Waals surface area contributed by atoms with E-state index in [4.69, 9.17) is 16.3 Å². The first kappa shape index (κ1) is 13.9. The van der Waals surface area contributed by atoms with Gasteiger partial charge in [0, 0.05) is 24.1 Å². The second-order valence-corrected chi connectivity index (χ2v) is 5.57. The Labute approximate surface area is 115 Å². The molecule has 100 valence electrons. The zero-order chi connectivity index (χ0) is 13.0. The first-order chi connectivity index (χ1) is 8.70. The van der Waals surface area contributed by atoms with Gasteiger partial charge in [0.1, 0.15) is 0 Å². The van der Waals surface area contributed by atoms with E-state index in [1.165, 1.54) is 12.0 Å². The molecule has 1 aromatic carbocycles. The van der Waals surface area contributed by atoms with Gasteiger partial charge in [-0.15, -0.1) is 0 Å². The summed E-state index contributed by atoms with van der Waals surface area (Å²) in [5.74, 6) is 1.15. The number of hydrogen-bond acceptors (Lipinski definition) is 2. The Balaban J connectivity index is 2.12. The molecule has 2 rings (SSSR count). The van der Waals surface area contributed by atoms with Crippen molar-refractivity contribution in [3.63, 3.8) is 0 Å². The summed E-state index contributed by atoms with van der Waals surface area (Å²) < 4.78 is 5.64. The van der Waals surface area contributed by atoms with Crippen LogP contribution in [0.3, 0.4) is 0 Å². The third kappa shape index (κ3) is 3.47. The molecule has 18 heavy (non-hydrogen) atoms. The molecular formula is C15H22ClNO. The van der Waals surface area contributed by atoms with Crippen LogP contribution in [0, 0.1) is 5.92 Å². The van der Waals surface area contributed by atoms with E-state index in [1.807, 2.05) is 12.1 Å². The summed E-state index contributed by atoms with van der Waals surface area (Å²) in [4.78, 5) is 2.39. The highest BCUT2D eigenvalue weighted by Gasteiger charge is 2.29. The van der Waals surface area contributed by atoms with Gasteiger partial charge < -0.3 is 9.64 Å². The predicted molar refractivity (Wildman–Crippen MR) is 76.3 cm³/mol. The van der Waals surface area contributed by atoms with E-state index >= 15 is 0 Å². The van der Waals surface area contributed by atoms with Crippen LogP contribution in [0.4, 0.5) is 0 Å². The van der Waals surface area contributed by atoms with Crippen molar-refractivity contribution < 1.29 is 4.74 Å². The fraction of sp³-hybridized carbons (Fsp3) is 0.600. The first-order valence-corrected chi connectivity index (χ1v) is 7.10. The summed E-state index contributed by atoms with van der Waals surface area (Å²) in [6.07, 6.45) is 1.19. The van der Waals surface area contributed by atoms with Crippen molar-refractivity contribution in [3.05, 3.63) is 34.9 Å². The minimum absolute atomic E-state index is 0.571. The Bertz CT molecular complexity index is 383. The Hall–Kier alpha value is -0.570. The minimum atomic E-state index is 0.571. The molecule has 2 nitrogen and oxygen atoms in total. The molecule has 0 spiro atoms. The van der Waals surface area contributed by atoms with Crippen LogP contribution in [0.2, 0.25) is 5.02 Å². The molecule has 0 radical (unpaired) electrons. The molecule has 1 saturated heterocycles. The zero-order valence-electron chi connectivity index (χ0n) is 11.2. The topological polar surface area (TPSA) is 12.5 Å². The lowest BCUT2D eigenvalue weighted by atomic mass is 9.81. The monoisotopic (exact) mass is 267 g/mol. The Morgan fingerprint density at radius 1 is 1.44 bits per heavy atom. The maximum atomic E-state index is 6.10. The maximum Gasteiger partial charge on any atom is 0.0512 e. The quantitative estimate of drug-likeness (QED) is 0.829. The number of benzene rings is 1. The minimum Gasteiger partial charge on any atom is -0.381 e. The Morgan fingerprint density at radius 2 is 2.28 bits per heavy atom. The lowest BCUT2D eigenvalue weighted by molar-refractivity contribution is 0.0628. The average Bonchev–Trinajstić information content (AvgIpc) is 2.36. The van der Waals surface area contributed by atoms with Gasteiger partial charge in [0.15, 0.2) is 0 Å². The fourth-order valence-corrected chi connectivity index (χ4v) is 3.03. The molecule has 1 fully saturated rings. The van der Waals surface area contributed by atoms with Gasteiger partial charge in [-0.1, -0.05) is 23.7 Å². The molecule has 2 atom stereocenters. The van der Waals surface area contributed by atoms with Crippen LogP contribution in [-0.2, 0) is 4.74 Å². The van der Waals surface area contributed by atoms with E-state index in [1.54, 1.807) is 0 Å². The van der Waals surface area contributed by atoms with E-state index in [0.717, 1.165) is 31.3 Å². The predicted octanol–water partition coefficient (Wildman–Crippen LogP) is 3.41. The molecular weight excluding hydrogens is 246 g/mol. The van der Waals surface area contributed by atoms with Crippen molar-refractivity contribution in [2.45, 2.75) is 19.3 Å². The van der Waals surface area contributed by atoms with E-state index in [-0.39, 0.29) is 0 Å². The molecule has 0 aliphatic carbocycles. The molecule has 0 saturated carbocycles. The smallest absolute Gasteiger partial charge is 0.0512 e. The van der Waals surface area contributed by atoms with E-state index in [2.05, 4.69) is 31.0 Å². The second-order valence-electron chi connectivity index (χ2n) is 5.13. The van der Waals surface area contributed by atoms with Gasteiger partial charge in [-0.2, -0.15) is 0 Å². The van der Waals surface area contributed by atoms with Crippen LogP contribution in [-0.4, -0.2) is 38.3 Å². The molecule has 1 aliphatic rings. The Morgan fingerprint density at radius 3 is 3.00 bits per heavy atom. The normalized spacial score (nSPS) is 25.3. The summed E-state index contributed by atoms with van der Waals surface area (Å²) >= 11 is 6.10. The van der Waals surface area contributed by atoms with Crippen LogP contribution in [0.1, 0.15) is 24.8 Å². The first-order valence-electron chi connectivity index (χ1n) is 6.72. The summed E-state index contributed by atoms with van der Waals surface area (Å²) in [5.41, 5.74) is 1.36. The molecule has 1 aromatic rings. The molecule has 0 amide bonds. The second kappa shape index (κ2) is 6.55. The summed E-state index contributed by atoms with van der Waals surface area (Å²) in [7, 11) is 2.19. The number of likely N-dealkylation sites (tertiary alicyclic amines) is 1. The van der Waals surface area contributed by atoms with Gasteiger partial charge >= 0.3 is 0 Å². The third-order valence-electron chi connectivity index (χ3n) is 3.75. The largest absolute Gasteiger partial charge is 0.381 e. The highest BCUT2D eigenvalue weighted by molar-refractivity contribution is 6.30. The van der Waals surface area contributed by atoms with E-state index in [0.29, 0.717) is 11.8 Å². The zero-order valence-corrected chi connectivity index (χ0v) is 12.0. The lowest BCUT2D eigenvalue weighted by Crippen LogP contribution is -2.39. The highest BCUT2D eigenvalue weighted by Crippen LogP contribution is 2.33. The molecule has 0 aromatic heterocycles. The Kier molecular flexibility index (Phi) is 5.04. The van der Waals surface area contributed by atoms with Crippen molar-refractivity contribution >= 4 is 11.6 Å². The lowest BCUT2D eigenvalue weighted by Gasteiger charge is -2.37. The van der Waals surface area contributed by atoms with Crippen molar-refractivity contribution in [3.8, 4) is 0 Å². The van der Waals surface area contributed by atoms with E-state index in [9.17, 15) is 0 Å². The van der Waals surface area contributed by atoms with Gasteiger partial charge in [0.05, 0.1) is 6.61 Å². The summed E-state index contributed by atoms with van der Waals surface area (Å²) in [6.45, 7) is 5.96. The average molecular weight is 268 g/mol. The fourth-order valence-electron chi connectivity index (χ4n) is 2.83. The number of nitrogens with zero attached hydrogens (tertiary/aromatic N) is 1. The van der Waals surface area contributed by atoms with Crippen molar-refractivity contribution in [1.82, 2.24) is 4.90 Å². The van der Waals surface area contributed by atoms with Gasteiger partial charge in [0.25, 0.3) is 0 Å². The number of piperidine rings is 1. The van der Waals surface area contributed by atoms with Crippen LogP contribution in [0.15, 0.2) is 24.3 Å². The summed E-state index contributed by atoms with van der Waals surface area (Å²) in [5, 5.41) is 0.835. The third-order valence-corrected chi connectivity index (χ3v) is 3.99. The molecule has 1 aliphatic heterocycles. The van der Waals surface area contributed by atoms with Crippen LogP contribution in [0.5, 0.6) is 0 Å². The standard InChI is InChI=1S/C15H22ClNO/c1-3-18-11-13-10-17(2)8-7-15(13)12-5-4-6-14(16)9-12/h4-6,9,13,15H,3,7-8,10-11H2,1-2H3. The molecule has 0 N–H and O–H groups in total. The number of halogens is 1. The van der Waals surface area contributed by atoms with Gasteiger partial charge in [-0.25, -0.2) is 0 Å². The molecule has 1 heterocycles. The van der Waals surface area contributed by atoms with Crippen LogP contribution in [0.25, 0.3) is 0 Å². The summed E-state index contributed by atoms with van der Waals surface area (Å²) in [6, 6.07) is 8.29. The SMILES string of the molecule is CCOCC1CN(C)CCC1c1cccc(Cl)c1. The van der Waals surface area contributed by atoms with E-state index < -0.39 is 0 Å². The number of ether oxygens (including phenoxy) is 1. The molecule has 3 heteroatoms. The van der Waals surface area contributed by atoms with Crippen LogP contribution >= 0.6 is 11.6 Å². The number of hydrogen-bond donors (Lipinski definition) is 0. The van der Waals surface area contributed by atoms with Crippen molar-refractivity contribution in [1.29, 1.82) is 0 Å². The van der Waals surface area contributed by atoms with Crippen molar-refractivity contribution in [2.24, 2.45) is 5.92 Å². The molecule has 2 unspecified atom stereocenters. The maximum absolute atomic E-state index is 6.10. The molecule has 0 bridgehead atoms. The van der Waals surface area contributed by atoms with Gasteiger partial charge in [-0.3, -0.25) is 0 Å². The van der Waals surface area contributed by atoms with Crippen LogP contribution < -0.4 is 0 Å². The highest BCUT2D eigenvalue weighted by atomic mass is 35.5. The van der Waals surface area contributed by atoms with Gasteiger partial charge in [-0.05, 0) is 50.6 Å².